The van der Waals surface area contributed by atoms with Gasteiger partial charge in [-0.05, 0) is 38.2 Å². The molecule has 1 rings (SSSR count). The first kappa shape index (κ1) is 18.8. The van der Waals surface area contributed by atoms with E-state index < -0.39 is 18.1 Å². The molecule has 7 nitrogen and oxygen atoms in total. The maximum atomic E-state index is 12.2. The third-order valence-corrected chi connectivity index (χ3v) is 4.50. The van der Waals surface area contributed by atoms with Crippen molar-refractivity contribution in [3.8, 4) is 0 Å². The highest BCUT2D eigenvalue weighted by Gasteiger charge is 2.30. The minimum Gasteiger partial charge on any atom is -0.480 e. The molecule has 0 bridgehead atoms. The second-order valence-corrected chi connectivity index (χ2v) is 6.54. The summed E-state index contributed by atoms with van der Waals surface area (Å²) in [7, 11) is 0. The third kappa shape index (κ3) is 5.49. The van der Waals surface area contributed by atoms with E-state index in [1.54, 1.807) is 16.7 Å². The fourth-order valence-electron chi connectivity index (χ4n) is 2.36. The van der Waals surface area contributed by atoms with Crippen molar-refractivity contribution >= 4 is 29.5 Å². The number of nitrogens with zero attached hydrogens (tertiary/aromatic N) is 1. The van der Waals surface area contributed by atoms with Gasteiger partial charge in [0.1, 0.15) is 6.04 Å². The van der Waals surface area contributed by atoms with Crippen molar-refractivity contribution in [1.29, 1.82) is 0 Å². The lowest BCUT2D eigenvalue weighted by Gasteiger charge is -2.33. The van der Waals surface area contributed by atoms with E-state index in [4.69, 9.17) is 10.8 Å². The van der Waals surface area contributed by atoms with Crippen molar-refractivity contribution in [1.82, 2.24) is 10.2 Å². The standard InChI is InChI=1S/C14H25N3O4S/c1-9(14(20)21)16-12(18)10-3-6-17(7-4-10)13(19)11(15)5-8-22-2/h9-11H,3-8,15H2,1-2H3,(H,16,18)(H,20,21). The van der Waals surface area contributed by atoms with E-state index in [-0.39, 0.29) is 17.7 Å². The minimum atomic E-state index is -1.05. The normalized spacial score (nSPS) is 18.6. The molecular weight excluding hydrogens is 306 g/mol. The molecule has 1 aliphatic heterocycles. The molecule has 0 radical (unpaired) electrons. The number of carboxylic acids is 1. The van der Waals surface area contributed by atoms with Crippen molar-refractivity contribution in [2.45, 2.75) is 38.3 Å². The number of nitrogens with one attached hydrogen (secondary N) is 1. The summed E-state index contributed by atoms with van der Waals surface area (Å²) in [4.78, 5) is 36.6. The highest BCUT2D eigenvalue weighted by atomic mass is 32.2. The van der Waals surface area contributed by atoms with E-state index in [9.17, 15) is 14.4 Å². The number of hydrogen-bond acceptors (Lipinski definition) is 5. The zero-order valence-electron chi connectivity index (χ0n) is 13.1. The number of rotatable bonds is 7. The van der Waals surface area contributed by atoms with Crippen LogP contribution in [-0.2, 0) is 14.4 Å². The Kier molecular flexibility index (Phi) is 7.67. The van der Waals surface area contributed by atoms with E-state index >= 15 is 0 Å². The molecular formula is C14H25N3O4S. The van der Waals surface area contributed by atoms with Crippen molar-refractivity contribution in [2.75, 3.05) is 25.1 Å². The summed E-state index contributed by atoms with van der Waals surface area (Å²) in [6.45, 7) is 2.42. The summed E-state index contributed by atoms with van der Waals surface area (Å²) >= 11 is 1.65. The first-order valence-corrected chi connectivity index (χ1v) is 8.82. The average Bonchev–Trinajstić information content (AvgIpc) is 2.51. The fraction of sp³-hybridized carbons (Fsp3) is 0.786. The third-order valence-electron chi connectivity index (χ3n) is 3.86. The molecule has 0 aromatic heterocycles. The lowest BCUT2D eigenvalue weighted by molar-refractivity contribution is -0.142. The molecule has 8 heteroatoms. The van der Waals surface area contributed by atoms with Crippen LogP contribution in [0.25, 0.3) is 0 Å². The van der Waals surface area contributed by atoms with Crippen LogP contribution >= 0.6 is 11.8 Å². The van der Waals surface area contributed by atoms with Gasteiger partial charge in [0.25, 0.3) is 0 Å². The Bertz CT molecular complexity index is 411. The van der Waals surface area contributed by atoms with Crippen LogP contribution in [0.15, 0.2) is 0 Å². The Morgan fingerprint density at radius 1 is 1.36 bits per heavy atom. The lowest BCUT2D eigenvalue weighted by Crippen LogP contribution is -2.50. The molecule has 1 fully saturated rings. The van der Waals surface area contributed by atoms with E-state index in [2.05, 4.69) is 5.32 Å². The van der Waals surface area contributed by atoms with Gasteiger partial charge in [-0.1, -0.05) is 0 Å². The maximum absolute atomic E-state index is 12.2. The largest absolute Gasteiger partial charge is 0.480 e. The molecule has 2 atom stereocenters. The zero-order chi connectivity index (χ0) is 16.7. The Labute approximate surface area is 135 Å². The second kappa shape index (κ2) is 8.99. The molecule has 0 saturated carbocycles. The molecule has 1 aliphatic rings. The van der Waals surface area contributed by atoms with Crippen molar-refractivity contribution < 1.29 is 19.5 Å². The Hall–Kier alpha value is -1.28. The molecule has 2 amide bonds. The summed E-state index contributed by atoms with van der Waals surface area (Å²) in [5.74, 6) is -0.770. The van der Waals surface area contributed by atoms with Crippen LogP contribution in [0.2, 0.25) is 0 Å². The number of amides is 2. The van der Waals surface area contributed by atoms with Crippen LogP contribution in [0, 0.1) is 5.92 Å². The van der Waals surface area contributed by atoms with Crippen LogP contribution in [-0.4, -0.2) is 65.0 Å². The van der Waals surface area contributed by atoms with Gasteiger partial charge in [0.2, 0.25) is 11.8 Å². The first-order valence-electron chi connectivity index (χ1n) is 7.43. The number of carbonyl (C=O) groups is 3. The number of carbonyl (C=O) groups excluding carboxylic acids is 2. The van der Waals surface area contributed by atoms with Crippen LogP contribution in [0.3, 0.4) is 0 Å². The van der Waals surface area contributed by atoms with E-state index in [1.807, 2.05) is 6.26 Å². The number of piperidine rings is 1. The molecule has 0 aliphatic carbocycles. The van der Waals surface area contributed by atoms with Gasteiger partial charge < -0.3 is 21.1 Å². The van der Waals surface area contributed by atoms with Gasteiger partial charge >= 0.3 is 5.97 Å². The molecule has 1 saturated heterocycles. The topological polar surface area (TPSA) is 113 Å². The average molecular weight is 331 g/mol. The second-order valence-electron chi connectivity index (χ2n) is 5.56. The number of thioether (sulfide) groups is 1. The van der Waals surface area contributed by atoms with Gasteiger partial charge in [-0.3, -0.25) is 14.4 Å². The molecule has 0 aromatic carbocycles. The molecule has 22 heavy (non-hydrogen) atoms. The molecule has 2 unspecified atom stereocenters. The molecule has 1 heterocycles. The van der Waals surface area contributed by atoms with Crippen molar-refractivity contribution in [2.24, 2.45) is 11.7 Å². The summed E-state index contributed by atoms with van der Waals surface area (Å²) in [5, 5.41) is 11.3. The van der Waals surface area contributed by atoms with E-state index in [0.717, 1.165) is 5.75 Å². The number of hydrogen-bond donors (Lipinski definition) is 3. The van der Waals surface area contributed by atoms with Gasteiger partial charge in [0, 0.05) is 19.0 Å². The predicted octanol–water partition coefficient (Wildman–Crippen LogP) is -0.105. The number of aliphatic carboxylic acids is 1. The Balaban J connectivity index is 2.41. The molecule has 4 N–H and O–H groups in total. The van der Waals surface area contributed by atoms with Gasteiger partial charge in [0.15, 0.2) is 0 Å². The van der Waals surface area contributed by atoms with E-state index in [1.165, 1.54) is 6.92 Å². The summed E-state index contributed by atoms with van der Waals surface area (Å²) in [6, 6.07) is -1.38. The highest BCUT2D eigenvalue weighted by Crippen LogP contribution is 2.18. The smallest absolute Gasteiger partial charge is 0.325 e. The van der Waals surface area contributed by atoms with Crippen LogP contribution < -0.4 is 11.1 Å². The predicted molar refractivity (Wildman–Crippen MR) is 85.5 cm³/mol. The van der Waals surface area contributed by atoms with Gasteiger partial charge in [0.05, 0.1) is 6.04 Å². The van der Waals surface area contributed by atoms with Gasteiger partial charge in [-0.15, -0.1) is 0 Å². The van der Waals surface area contributed by atoms with Gasteiger partial charge in [-0.2, -0.15) is 11.8 Å². The molecule has 0 aromatic rings. The Morgan fingerprint density at radius 3 is 2.45 bits per heavy atom. The maximum Gasteiger partial charge on any atom is 0.325 e. The minimum absolute atomic E-state index is 0.0631. The van der Waals surface area contributed by atoms with Crippen LogP contribution in [0.5, 0.6) is 0 Å². The van der Waals surface area contributed by atoms with Crippen molar-refractivity contribution in [3.63, 3.8) is 0 Å². The van der Waals surface area contributed by atoms with Crippen molar-refractivity contribution in [3.05, 3.63) is 0 Å². The quantitative estimate of drug-likeness (QED) is 0.600. The summed E-state index contributed by atoms with van der Waals surface area (Å²) in [6.07, 6.45) is 3.70. The monoisotopic (exact) mass is 331 g/mol. The Morgan fingerprint density at radius 2 is 1.95 bits per heavy atom. The van der Waals surface area contributed by atoms with Crippen LogP contribution in [0.1, 0.15) is 26.2 Å². The highest BCUT2D eigenvalue weighted by molar-refractivity contribution is 7.98. The molecule has 126 valence electrons. The SMILES string of the molecule is CSCCC(N)C(=O)N1CCC(C(=O)NC(C)C(=O)O)CC1. The fourth-order valence-corrected chi connectivity index (χ4v) is 2.85. The van der Waals surface area contributed by atoms with Gasteiger partial charge in [-0.25, -0.2) is 0 Å². The number of nitrogens with two attached hydrogens (primary N) is 1. The first-order chi connectivity index (χ1) is 10.4. The number of likely N-dealkylation sites (tertiary alicyclic amines) is 1. The van der Waals surface area contributed by atoms with Crippen LogP contribution in [0.4, 0.5) is 0 Å². The summed E-state index contributed by atoms with van der Waals surface area (Å²) < 4.78 is 0. The summed E-state index contributed by atoms with van der Waals surface area (Å²) in [5.41, 5.74) is 5.88. The number of carboxylic acid groups (broad SMARTS) is 1. The zero-order valence-corrected chi connectivity index (χ0v) is 13.9. The lowest BCUT2D eigenvalue weighted by atomic mass is 9.95. The molecule has 0 spiro atoms. The van der Waals surface area contributed by atoms with E-state index in [0.29, 0.717) is 32.4 Å².